The van der Waals surface area contributed by atoms with E-state index in [9.17, 15) is 4.79 Å². The molecule has 0 aliphatic carbocycles. The second-order valence-electron chi connectivity index (χ2n) is 4.20. The van der Waals surface area contributed by atoms with E-state index in [1.807, 2.05) is 12.1 Å². The molecule has 0 atom stereocenters. The minimum Gasteiger partial charge on any atom is -0.369 e. The molecule has 4 nitrogen and oxygen atoms in total. The van der Waals surface area contributed by atoms with Crippen molar-refractivity contribution in [2.24, 2.45) is 5.73 Å². The Morgan fingerprint density at radius 3 is 2.19 bits per heavy atom. The van der Waals surface area contributed by atoms with Gasteiger partial charge in [0.25, 0.3) is 0 Å². The molecular formula is C12H17N3O. The number of piperazine rings is 1. The van der Waals surface area contributed by atoms with Crippen LogP contribution in [0.2, 0.25) is 0 Å². The van der Waals surface area contributed by atoms with Gasteiger partial charge in [0.2, 0.25) is 5.91 Å². The van der Waals surface area contributed by atoms with Gasteiger partial charge >= 0.3 is 0 Å². The summed E-state index contributed by atoms with van der Waals surface area (Å²) in [5.41, 5.74) is 6.93. The first kappa shape index (κ1) is 11.0. The molecule has 1 aliphatic heterocycles. The maximum absolute atomic E-state index is 10.9. The smallest absolute Gasteiger partial charge is 0.248 e. The van der Waals surface area contributed by atoms with Gasteiger partial charge in [-0.2, -0.15) is 0 Å². The van der Waals surface area contributed by atoms with Gasteiger partial charge in [-0.15, -0.1) is 0 Å². The molecule has 86 valence electrons. The zero-order chi connectivity index (χ0) is 11.5. The summed E-state index contributed by atoms with van der Waals surface area (Å²) in [4.78, 5) is 15.6. The van der Waals surface area contributed by atoms with E-state index in [4.69, 9.17) is 5.73 Å². The van der Waals surface area contributed by atoms with Gasteiger partial charge in [0.15, 0.2) is 0 Å². The standard InChI is InChI=1S/C12H17N3O/c1-14-6-8-15(9-7-14)11-4-2-10(3-5-11)12(13)16/h2-5H,6-9H2,1H3,(H2,13,16). The van der Waals surface area contributed by atoms with E-state index in [0.717, 1.165) is 31.9 Å². The van der Waals surface area contributed by atoms with Crippen LogP contribution in [0, 0.1) is 0 Å². The Hall–Kier alpha value is -1.55. The molecular weight excluding hydrogens is 202 g/mol. The summed E-state index contributed by atoms with van der Waals surface area (Å²) < 4.78 is 0. The lowest BCUT2D eigenvalue weighted by Gasteiger charge is -2.34. The lowest BCUT2D eigenvalue weighted by atomic mass is 10.1. The number of primary amides is 1. The van der Waals surface area contributed by atoms with Crippen LogP contribution in [0.25, 0.3) is 0 Å². The van der Waals surface area contributed by atoms with Gasteiger partial charge < -0.3 is 15.5 Å². The largest absolute Gasteiger partial charge is 0.369 e. The number of hydrogen-bond donors (Lipinski definition) is 1. The van der Waals surface area contributed by atoms with E-state index in [2.05, 4.69) is 16.8 Å². The first-order valence-electron chi connectivity index (χ1n) is 5.50. The van der Waals surface area contributed by atoms with Gasteiger partial charge in [0.05, 0.1) is 0 Å². The molecule has 16 heavy (non-hydrogen) atoms. The fourth-order valence-corrected chi connectivity index (χ4v) is 1.90. The highest BCUT2D eigenvalue weighted by molar-refractivity contribution is 5.93. The Labute approximate surface area is 95.6 Å². The van der Waals surface area contributed by atoms with E-state index in [-0.39, 0.29) is 5.91 Å². The lowest BCUT2D eigenvalue weighted by Crippen LogP contribution is -2.44. The molecule has 1 saturated heterocycles. The number of carbonyl (C=O) groups excluding carboxylic acids is 1. The van der Waals surface area contributed by atoms with Gasteiger partial charge in [-0.1, -0.05) is 0 Å². The van der Waals surface area contributed by atoms with E-state index in [0.29, 0.717) is 5.56 Å². The number of rotatable bonds is 2. The van der Waals surface area contributed by atoms with Crippen LogP contribution in [0.15, 0.2) is 24.3 Å². The van der Waals surface area contributed by atoms with Crippen LogP contribution in [0.1, 0.15) is 10.4 Å². The minimum atomic E-state index is -0.370. The highest BCUT2D eigenvalue weighted by atomic mass is 16.1. The van der Waals surface area contributed by atoms with E-state index >= 15 is 0 Å². The zero-order valence-corrected chi connectivity index (χ0v) is 9.52. The number of nitrogens with two attached hydrogens (primary N) is 1. The molecule has 1 amide bonds. The second kappa shape index (κ2) is 4.53. The van der Waals surface area contributed by atoms with Crippen molar-refractivity contribution in [3.05, 3.63) is 29.8 Å². The summed E-state index contributed by atoms with van der Waals surface area (Å²) in [6, 6.07) is 7.50. The molecule has 1 aliphatic rings. The van der Waals surface area contributed by atoms with Crippen molar-refractivity contribution in [2.75, 3.05) is 38.1 Å². The maximum Gasteiger partial charge on any atom is 0.248 e. The van der Waals surface area contributed by atoms with Crippen LogP contribution >= 0.6 is 0 Å². The molecule has 1 aromatic rings. The molecule has 2 rings (SSSR count). The van der Waals surface area contributed by atoms with Crippen molar-refractivity contribution < 1.29 is 4.79 Å². The third-order valence-corrected chi connectivity index (χ3v) is 3.02. The van der Waals surface area contributed by atoms with Crippen molar-refractivity contribution in [1.29, 1.82) is 0 Å². The molecule has 0 radical (unpaired) electrons. The summed E-state index contributed by atoms with van der Waals surface area (Å²) >= 11 is 0. The molecule has 1 aromatic carbocycles. The summed E-state index contributed by atoms with van der Waals surface area (Å²) in [7, 11) is 2.13. The third-order valence-electron chi connectivity index (χ3n) is 3.02. The molecule has 0 bridgehead atoms. The summed E-state index contributed by atoms with van der Waals surface area (Å²) in [5.74, 6) is -0.370. The van der Waals surface area contributed by atoms with Gasteiger partial charge in [-0.25, -0.2) is 0 Å². The Bertz CT molecular complexity index is 366. The topological polar surface area (TPSA) is 49.6 Å². The fourth-order valence-electron chi connectivity index (χ4n) is 1.90. The van der Waals surface area contributed by atoms with Crippen molar-refractivity contribution >= 4 is 11.6 Å². The van der Waals surface area contributed by atoms with Crippen LogP contribution in [0.5, 0.6) is 0 Å². The Balaban J connectivity index is 2.07. The number of hydrogen-bond acceptors (Lipinski definition) is 3. The Morgan fingerprint density at radius 2 is 1.69 bits per heavy atom. The van der Waals surface area contributed by atoms with E-state index in [1.165, 1.54) is 0 Å². The Kier molecular flexibility index (Phi) is 3.10. The van der Waals surface area contributed by atoms with Crippen LogP contribution in [-0.4, -0.2) is 44.0 Å². The average molecular weight is 219 g/mol. The normalized spacial score (nSPS) is 17.4. The van der Waals surface area contributed by atoms with Gasteiger partial charge in [-0.3, -0.25) is 4.79 Å². The number of nitrogens with zero attached hydrogens (tertiary/aromatic N) is 2. The van der Waals surface area contributed by atoms with E-state index < -0.39 is 0 Å². The Morgan fingerprint density at radius 1 is 1.12 bits per heavy atom. The number of benzene rings is 1. The average Bonchev–Trinajstić information content (AvgIpc) is 2.30. The predicted octanol–water partition coefficient (Wildman–Crippen LogP) is 0.537. The summed E-state index contributed by atoms with van der Waals surface area (Å²) in [5, 5.41) is 0. The molecule has 0 spiro atoms. The van der Waals surface area contributed by atoms with Crippen molar-refractivity contribution in [3.8, 4) is 0 Å². The van der Waals surface area contributed by atoms with Crippen LogP contribution < -0.4 is 10.6 Å². The van der Waals surface area contributed by atoms with Crippen molar-refractivity contribution in [1.82, 2.24) is 4.90 Å². The van der Waals surface area contributed by atoms with Crippen LogP contribution in [-0.2, 0) is 0 Å². The van der Waals surface area contributed by atoms with Crippen molar-refractivity contribution in [2.45, 2.75) is 0 Å². The number of carbonyl (C=O) groups is 1. The lowest BCUT2D eigenvalue weighted by molar-refractivity contribution is 0.100. The summed E-state index contributed by atoms with van der Waals surface area (Å²) in [6.45, 7) is 4.23. The highest BCUT2D eigenvalue weighted by Gasteiger charge is 2.14. The highest BCUT2D eigenvalue weighted by Crippen LogP contribution is 2.16. The first-order chi connectivity index (χ1) is 7.66. The quantitative estimate of drug-likeness (QED) is 0.789. The summed E-state index contributed by atoms with van der Waals surface area (Å²) in [6.07, 6.45) is 0. The molecule has 1 heterocycles. The first-order valence-corrected chi connectivity index (χ1v) is 5.50. The molecule has 4 heteroatoms. The van der Waals surface area contributed by atoms with Gasteiger partial charge in [0.1, 0.15) is 0 Å². The second-order valence-corrected chi connectivity index (χ2v) is 4.20. The molecule has 0 saturated carbocycles. The number of likely N-dealkylation sites (N-methyl/N-ethyl adjacent to an activating group) is 1. The van der Waals surface area contributed by atoms with E-state index in [1.54, 1.807) is 12.1 Å². The molecule has 0 aromatic heterocycles. The zero-order valence-electron chi connectivity index (χ0n) is 9.52. The third kappa shape index (κ3) is 2.33. The predicted molar refractivity (Wildman–Crippen MR) is 64.7 cm³/mol. The monoisotopic (exact) mass is 219 g/mol. The minimum absolute atomic E-state index is 0.370. The maximum atomic E-state index is 10.9. The number of amides is 1. The van der Waals surface area contributed by atoms with Crippen LogP contribution in [0.4, 0.5) is 5.69 Å². The van der Waals surface area contributed by atoms with Gasteiger partial charge in [0, 0.05) is 37.4 Å². The van der Waals surface area contributed by atoms with Crippen molar-refractivity contribution in [3.63, 3.8) is 0 Å². The molecule has 0 unspecified atom stereocenters. The van der Waals surface area contributed by atoms with Gasteiger partial charge in [-0.05, 0) is 31.3 Å². The molecule has 2 N–H and O–H groups in total. The van der Waals surface area contributed by atoms with Crippen LogP contribution in [0.3, 0.4) is 0 Å². The number of anilines is 1. The fraction of sp³-hybridized carbons (Fsp3) is 0.417. The molecule has 1 fully saturated rings. The SMILES string of the molecule is CN1CCN(c2ccc(C(N)=O)cc2)CC1.